The summed E-state index contributed by atoms with van der Waals surface area (Å²) in [4.78, 5) is 11.0. The van der Waals surface area contributed by atoms with Gasteiger partial charge in [-0.2, -0.15) is 4.98 Å². The molecule has 282 valence electrons. The first-order valence-electron chi connectivity index (χ1n) is 21.4. The van der Waals surface area contributed by atoms with E-state index in [0.29, 0.717) is 5.71 Å². The van der Waals surface area contributed by atoms with E-state index in [2.05, 4.69) is 168 Å². The number of aromatic nitrogens is 3. The van der Waals surface area contributed by atoms with E-state index in [1.807, 2.05) is 0 Å². The molecular formula is C56H37N3O. The molecular weight excluding hydrogens is 731 g/mol. The van der Waals surface area contributed by atoms with Crippen LogP contribution >= 0.6 is 0 Å². The second-order valence-corrected chi connectivity index (χ2v) is 17.0. The molecule has 0 saturated carbocycles. The van der Waals surface area contributed by atoms with E-state index in [0.717, 1.165) is 53.6 Å². The van der Waals surface area contributed by atoms with E-state index in [4.69, 9.17) is 14.4 Å². The minimum Gasteiger partial charge on any atom is -0.438 e. The van der Waals surface area contributed by atoms with Crippen molar-refractivity contribution >= 4 is 70.9 Å². The van der Waals surface area contributed by atoms with Gasteiger partial charge >= 0.3 is 0 Å². The zero-order chi connectivity index (χ0) is 39.1. The Labute approximate surface area is 345 Å². The van der Waals surface area contributed by atoms with Gasteiger partial charge in [-0.05, 0) is 87.4 Å². The molecule has 2 aliphatic carbocycles. The third-order valence-electron chi connectivity index (χ3n) is 14.0. The Hall–Kier alpha value is -7.30. The van der Waals surface area contributed by atoms with Gasteiger partial charge < -0.3 is 8.82 Å². The maximum atomic E-state index is 6.71. The third-order valence-corrected chi connectivity index (χ3v) is 14.0. The Bertz CT molecular complexity index is 3710. The van der Waals surface area contributed by atoms with Crippen molar-refractivity contribution in [2.24, 2.45) is 0 Å². The lowest BCUT2D eigenvalue weighted by molar-refractivity contribution is 0.632. The smallest absolute Gasteiger partial charge is 0.230 e. The standard InChI is InChI=1S/C56H37N3O/c1-3-15-34-32(13-1)26-28-44(50-45(34)31-46-41-27-25-33-14-2-4-16-35(33)54(41)59-47-23-11-9-21-42(47)51(50)55(46)59)53-52-43-22-10-12-24-48(43)60-56(52)58-49(57-53)30-29-40-38-19-7-5-17-36(38)37-18-6-8-20-39(37)40/h1-25,27,31,40,44H,26,28-30H2. The summed E-state index contributed by atoms with van der Waals surface area (Å²) >= 11 is 0. The molecule has 0 saturated heterocycles. The highest BCUT2D eigenvalue weighted by Crippen LogP contribution is 2.53. The van der Waals surface area contributed by atoms with Crippen molar-refractivity contribution in [2.75, 3.05) is 0 Å². The van der Waals surface area contributed by atoms with Crippen LogP contribution in [0.1, 0.15) is 58.4 Å². The first-order valence-corrected chi connectivity index (χ1v) is 21.4. The molecule has 60 heavy (non-hydrogen) atoms. The van der Waals surface area contributed by atoms with Crippen LogP contribution in [0.4, 0.5) is 0 Å². The summed E-state index contributed by atoms with van der Waals surface area (Å²) in [5.74, 6) is 1.12. The van der Waals surface area contributed by atoms with E-state index in [9.17, 15) is 0 Å². The van der Waals surface area contributed by atoms with Gasteiger partial charge in [0.1, 0.15) is 11.4 Å². The second-order valence-electron chi connectivity index (χ2n) is 17.0. The first-order chi connectivity index (χ1) is 29.8. The number of rotatable bonds is 4. The Kier molecular flexibility index (Phi) is 6.59. The molecule has 12 aromatic rings. The molecule has 0 amide bonds. The maximum absolute atomic E-state index is 6.71. The summed E-state index contributed by atoms with van der Waals surface area (Å²) in [6.45, 7) is 0. The molecule has 1 unspecified atom stereocenters. The molecule has 4 aromatic heterocycles. The minimum atomic E-state index is -0.0145. The summed E-state index contributed by atoms with van der Waals surface area (Å²) in [5.41, 5.74) is 17.3. The van der Waals surface area contributed by atoms with Gasteiger partial charge in [-0.25, -0.2) is 4.98 Å². The molecule has 0 aliphatic heterocycles. The number of furan rings is 1. The molecule has 0 N–H and O–H groups in total. The molecule has 0 bridgehead atoms. The summed E-state index contributed by atoms with van der Waals surface area (Å²) in [6.07, 6.45) is 3.52. The minimum absolute atomic E-state index is 0.0145. The van der Waals surface area contributed by atoms with Crippen molar-refractivity contribution in [2.45, 2.75) is 37.5 Å². The van der Waals surface area contributed by atoms with Crippen molar-refractivity contribution in [1.82, 2.24) is 14.4 Å². The predicted molar refractivity (Wildman–Crippen MR) is 246 cm³/mol. The van der Waals surface area contributed by atoms with Crippen LogP contribution in [0.2, 0.25) is 0 Å². The summed E-state index contributed by atoms with van der Waals surface area (Å²) < 4.78 is 9.28. The van der Waals surface area contributed by atoms with Crippen LogP contribution in [0.5, 0.6) is 0 Å². The van der Waals surface area contributed by atoms with Gasteiger partial charge in [0.15, 0.2) is 0 Å². The van der Waals surface area contributed by atoms with Crippen LogP contribution < -0.4 is 0 Å². The number of nitrogens with zero attached hydrogens (tertiary/aromatic N) is 3. The molecule has 0 fully saturated rings. The number of hydrogen-bond acceptors (Lipinski definition) is 3. The van der Waals surface area contributed by atoms with Crippen molar-refractivity contribution in [3.8, 4) is 22.3 Å². The number of fused-ring (bicyclic) bond motifs is 18. The van der Waals surface area contributed by atoms with E-state index >= 15 is 0 Å². The summed E-state index contributed by atoms with van der Waals surface area (Å²) in [7, 11) is 0. The highest BCUT2D eigenvalue weighted by molar-refractivity contribution is 6.29. The van der Waals surface area contributed by atoms with E-state index in [1.165, 1.54) is 93.4 Å². The Balaban J connectivity index is 1.05. The van der Waals surface area contributed by atoms with Crippen molar-refractivity contribution < 1.29 is 4.42 Å². The summed E-state index contributed by atoms with van der Waals surface area (Å²) in [5, 5.41) is 9.87. The van der Waals surface area contributed by atoms with E-state index in [1.54, 1.807) is 0 Å². The summed E-state index contributed by atoms with van der Waals surface area (Å²) in [6, 6.07) is 60.4. The average molecular weight is 768 g/mol. The Morgan fingerprint density at radius 2 is 1.25 bits per heavy atom. The number of hydrogen-bond donors (Lipinski definition) is 0. The largest absolute Gasteiger partial charge is 0.438 e. The average Bonchev–Trinajstić information content (AvgIpc) is 4.01. The van der Waals surface area contributed by atoms with Gasteiger partial charge in [0.25, 0.3) is 0 Å². The molecule has 0 spiro atoms. The van der Waals surface area contributed by atoms with Crippen molar-refractivity contribution in [1.29, 1.82) is 0 Å². The topological polar surface area (TPSA) is 43.3 Å². The van der Waals surface area contributed by atoms with Crippen LogP contribution in [0.3, 0.4) is 0 Å². The second kappa shape index (κ2) is 12.1. The van der Waals surface area contributed by atoms with Crippen molar-refractivity contribution in [3.63, 3.8) is 0 Å². The SMILES string of the molecule is c1ccc2c(c1)CCC(c1nc(CCC3c4ccccc4-c4ccccc43)nc3oc4ccccc4c13)c1c-2cc2c3ccc4ccccc4c3n3c4ccccc4c1c23. The monoisotopic (exact) mass is 767 g/mol. The molecule has 0 radical (unpaired) electrons. The Morgan fingerprint density at radius 1 is 0.550 bits per heavy atom. The fourth-order valence-electron chi connectivity index (χ4n) is 11.6. The molecule has 8 aromatic carbocycles. The predicted octanol–water partition coefficient (Wildman–Crippen LogP) is 14.2. The van der Waals surface area contributed by atoms with Gasteiger partial charge in [-0.1, -0.05) is 146 Å². The maximum Gasteiger partial charge on any atom is 0.230 e. The Morgan fingerprint density at radius 3 is 2.10 bits per heavy atom. The molecule has 1 atom stereocenters. The van der Waals surface area contributed by atoms with Gasteiger partial charge in [0, 0.05) is 50.6 Å². The zero-order valence-corrected chi connectivity index (χ0v) is 32.8. The van der Waals surface area contributed by atoms with Gasteiger partial charge in [-0.15, -0.1) is 0 Å². The number of para-hydroxylation sites is 2. The quantitative estimate of drug-likeness (QED) is 0.179. The zero-order valence-electron chi connectivity index (χ0n) is 32.8. The van der Waals surface area contributed by atoms with Crippen LogP contribution in [0.15, 0.2) is 168 Å². The van der Waals surface area contributed by atoms with Crippen LogP contribution in [-0.2, 0) is 12.8 Å². The van der Waals surface area contributed by atoms with Crippen LogP contribution in [0.25, 0.3) is 93.2 Å². The number of aryl methyl sites for hydroxylation is 2. The fraction of sp³-hybridized carbons (Fsp3) is 0.107. The van der Waals surface area contributed by atoms with Gasteiger partial charge in [0.05, 0.1) is 27.6 Å². The molecule has 2 aliphatic rings. The third kappa shape index (κ3) is 4.35. The van der Waals surface area contributed by atoms with Crippen molar-refractivity contribution in [3.05, 3.63) is 198 Å². The number of benzene rings is 8. The van der Waals surface area contributed by atoms with E-state index < -0.39 is 0 Å². The van der Waals surface area contributed by atoms with E-state index in [-0.39, 0.29) is 11.8 Å². The van der Waals surface area contributed by atoms with Gasteiger partial charge in [-0.3, -0.25) is 0 Å². The first kappa shape index (κ1) is 32.6. The highest BCUT2D eigenvalue weighted by Gasteiger charge is 2.34. The molecule has 4 nitrogen and oxygen atoms in total. The lowest BCUT2D eigenvalue weighted by Crippen LogP contribution is -2.10. The highest BCUT2D eigenvalue weighted by atomic mass is 16.3. The van der Waals surface area contributed by atoms with Gasteiger partial charge in [0.2, 0.25) is 5.71 Å². The van der Waals surface area contributed by atoms with Crippen LogP contribution in [-0.4, -0.2) is 14.4 Å². The molecule has 4 heteroatoms. The normalized spacial score (nSPS) is 15.1. The lowest BCUT2D eigenvalue weighted by Gasteiger charge is -2.21. The molecule has 14 rings (SSSR count). The van der Waals surface area contributed by atoms with Crippen LogP contribution in [0, 0.1) is 0 Å². The molecule has 4 heterocycles. The lowest BCUT2D eigenvalue weighted by atomic mass is 9.83. The fourth-order valence-corrected chi connectivity index (χ4v) is 11.6.